The number of amides is 1. The van der Waals surface area contributed by atoms with Crippen molar-refractivity contribution in [2.24, 2.45) is 0 Å². The molecule has 7 heteroatoms. The summed E-state index contributed by atoms with van der Waals surface area (Å²) >= 11 is 0. The van der Waals surface area contributed by atoms with E-state index < -0.39 is 5.60 Å². The van der Waals surface area contributed by atoms with Gasteiger partial charge in [0.2, 0.25) is 11.7 Å². The number of ether oxygens (including phenoxy) is 1. The second-order valence-electron chi connectivity index (χ2n) is 6.58. The van der Waals surface area contributed by atoms with Gasteiger partial charge in [-0.25, -0.2) is 4.79 Å². The number of carbonyl (C=O) groups excluding carboxylic acids is 1. The standard InChI is InChI=1S/C16H20N4O3/c1-16(2,3)22-15(21)20-9-7-11(10-20)14-18-13(19-23-14)12-6-4-5-8-17-12/h4-6,8,11H,7,9-10H2,1-3H3/t11-/m1/s1. The van der Waals surface area contributed by atoms with E-state index >= 15 is 0 Å². The summed E-state index contributed by atoms with van der Waals surface area (Å²) in [4.78, 5) is 22.4. The number of hydrogen-bond acceptors (Lipinski definition) is 6. The van der Waals surface area contributed by atoms with Gasteiger partial charge in [0.1, 0.15) is 11.3 Å². The Bertz CT molecular complexity index is 678. The van der Waals surface area contributed by atoms with E-state index in [1.807, 2.05) is 39.0 Å². The first-order chi connectivity index (χ1) is 10.9. The maximum atomic E-state index is 12.1. The van der Waals surface area contributed by atoms with Gasteiger partial charge < -0.3 is 14.2 Å². The molecular formula is C16H20N4O3. The number of likely N-dealkylation sites (tertiary alicyclic amines) is 1. The smallest absolute Gasteiger partial charge is 0.410 e. The van der Waals surface area contributed by atoms with Crippen LogP contribution < -0.4 is 0 Å². The highest BCUT2D eigenvalue weighted by molar-refractivity contribution is 5.68. The normalized spacial score (nSPS) is 18.2. The summed E-state index contributed by atoms with van der Waals surface area (Å²) in [6.07, 6.45) is 2.17. The van der Waals surface area contributed by atoms with E-state index in [1.54, 1.807) is 11.1 Å². The topological polar surface area (TPSA) is 81.4 Å². The van der Waals surface area contributed by atoms with Crippen LogP contribution >= 0.6 is 0 Å². The molecule has 0 aliphatic carbocycles. The highest BCUT2D eigenvalue weighted by Gasteiger charge is 2.33. The fraction of sp³-hybridized carbons (Fsp3) is 0.500. The van der Waals surface area contributed by atoms with E-state index in [0.717, 1.165) is 6.42 Å². The Hall–Kier alpha value is -2.44. The van der Waals surface area contributed by atoms with Gasteiger partial charge in [0, 0.05) is 19.3 Å². The molecule has 0 bridgehead atoms. The minimum atomic E-state index is -0.494. The molecular weight excluding hydrogens is 296 g/mol. The lowest BCUT2D eigenvalue weighted by atomic mass is 10.1. The van der Waals surface area contributed by atoms with Crippen LogP contribution in [0.25, 0.3) is 11.5 Å². The van der Waals surface area contributed by atoms with Gasteiger partial charge in [-0.2, -0.15) is 4.98 Å². The summed E-state index contributed by atoms with van der Waals surface area (Å²) in [6.45, 7) is 6.72. The summed E-state index contributed by atoms with van der Waals surface area (Å²) in [5, 5.41) is 3.98. The molecule has 1 atom stereocenters. The van der Waals surface area contributed by atoms with Crippen molar-refractivity contribution in [1.29, 1.82) is 0 Å². The van der Waals surface area contributed by atoms with Gasteiger partial charge >= 0.3 is 6.09 Å². The monoisotopic (exact) mass is 316 g/mol. The number of pyridine rings is 1. The van der Waals surface area contributed by atoms with E-state index in [2.05, 4.69) is 15.1 Å². The van der Waals surface area contributed by atoms with Gasteiger partial charge in [0.25, 0.3) is 0 Å². The fourth-order valence-corrected chi connectivity index (χ4v) is 2.45. The predicted octanol–water partition coefficient (Wildman–Crippen LogP) is 2.86. The molecule has 3 rings (SSSR count). The molecule has 1 amide bonds. The average molecular weight is 316 g/mol. The van der Waals surface area contributed by atoms with Gasteiger partial charge in [-0.15, -0.1) is 0 Å². The molecule has 23 heavy (non-hydrogen) atoms. The zero-order valence-corrected chi connectivity index (χ0v) is 13.5. The van der Waals surface area contributed by atoms with Crippen molar-refractivity contribution in [2.45, 2.75) is 38.7 Å². The van der Waals surface area contributed by atoms with Crippen molar-refractivity contribution >= 4 is 6.09 Å². The summed E-state index contributed by atoms with van der Waals surface area (Å²) in [7, 11) is 0. The Morgan fingerprint density at radius 3 is 2.91 bits per heavy atom. The molecule has 1 saturated heterocycles. The van der Waals surface area contributed by atoms with Crippen LogP contribution in [0.15, 0.2) is 28.9 Å². The second-order valence-corrected chi connectivity index (χ2v) is 6.58. The molecule has 2 aromatic heterocycles. The van der Waals surface area contributed by atoms with Crippen molar-refractivity contribution < 1.29 is 14.1 Å². The molecule has 0 radical (unpaired) electrons. The maximum absolute atomic E-state index is 12.1. The van der Waals surface area contributed by atoms with Crippen molar-refractivity contribution in [3.8, 4) is 11.5 Å². The molecule has 122 valence electrons. The summed E-state index contributed by atoms with van der Waals surface area (Å²) in [6, 6.07) is 5.54. The van der Waals surface area contributed by atoms with Gasteiger partial charge in [-0.1, -0.05) is 11.2 Å². The van der Waals surface area contributed by atoms with Crippen molar-refractivity contribution in [3.05, 3.63) is 30.3 Å². The molecule has 0 spiro atoms. The zero-order chi connectivity index (χ0) is 16.4. The number of hydrogen-bond donors (Lipinski definition) is 0. The van der Waals surface area contributed by atoms with E-state index in [-0.39, 0.29) is 12.0 Å². The first-order valence-corrected chi connectivity index (χ1v) is 7.65. The number of rotatable bonds is 2. The van der Waals surface area contributed by atoms with Gasteiger partial charge in [-0.05, 0) is 39.3 Å². The lowest BCUT2D eigenvalue weighted by molar-refractivity contribution is 0.0291. The maximum Gasteiger partial charge on any atom is 0.410 e. The molecule has 1 aliphatic rings. The Balaban J connectivity index is 1.66. The average Bonchev–Trinajstić information content (AvgIpc) is 3.16. The van der Waals surface area contributed by atoms with Gasteiger partial charge in [0.15, 0.2) is 0 Å². The molecule has 0 N–H and O–H groups in total. The second kappa shape index (κ2) is 5.98. The molecule has 1 aliphatic heterocycles. The molecule has 0 unspecified atom stereocenters. The summed E-state index contributed by atoms with van der Waals surface area (Å²) in [5.74, 6) is 1.04. The molecule has 1 fully saturated rings. The number of nitrogens with zero attached hydrogens (tertiary/aromatic N) is 4. The van der Waals surface area contributed by atoms with Crippen LogP contribution in [0.3, 0.4) is 0 Å². The third-order valence-corrected chi connectivity index (χ3v) is 3.52. The Morgan fingerprint density at radius 2 is 2.22 bits per heavy atom. The van der Waals surface area contributed by atoms with Gasteiger partial charge in [-0.3, -0.25) is 4.98 Å². The van der Waals surface area contributed by atoms with Crippen LogP contribution in [0.5, 0.6) is 0 Å². The van der Waals surface area contributed by atoms with Gasteiger partial charge in [0.05, 0.1) is 5.92 Å². The largest absolute Gasteiger partial charge is 0.444 e. The van der Waals surface area contributed by atoms with Crippen molar-refractivity contribution in [3.63, 3.8) is 0 Å². The minimum absolute atomic E-state index is 0.0347. The lowest BCUT2D eigenvalue weighted by Crippen LogP contribution is -2.35. The minimum Gasteiger partial charge on any atom is -0.444 e. The fourth-order valence-electron chi connectivity index (χ4n) is 2.45. The molecule has 0 saturated carbocycles. The van der Waals surface area contributed by atoms with E-state index in [4.69, 9.17) is 9.26 Å². The summed E-state index contributed by atoms with van der Waals surface area (Å²) in [5.41, 5.74) is 0.177. The first kappa shape index (κ1) is 15.5. The lowest BCUT2D eigenvalue weighted by Gasteiger charge is -2.24. The highest BCUT2D eigenvalue weighted by atomic mass is 16.6. The first-order valence-electron chi connectivity index (χ1n) is 7.65. The van der Waals surface area contributed by atoms with Crippen LogP contribution in [-0.4, -0.2) is 44.8 Å². The molecule has 3 heterocycles. The third kappa shape index (κ3) is 3.67. The van der Waals surface area contributed by atoms with E-state index in [1.165, 1.54) is 0 Å². The highest BCUT2D eigenvalue weighted by Crippen LogP contribution is 2.28. The van der Waals surface area contributed by atoms with Crippen LogP contribution in [0, 0.1) is 0 Å². The van der Waals surface area contributed by atoms with Crippen LogP contribution in [0.4, 0.5) is 4.79 Å². The quantitative estimate of drug-likeness (QED) is 0.847. The molecule has 7 nitrogen and oxygen atoms in total. The van der Waals surface area contributed by atoms with E-state index in [0.29, 0.717) is 30.5 Å². The summed E-state index contributed by atoms with van der Waals surface area (Å²) < 4.78 is 10.7. The Kier molecular flexibility index (Phi) is 4.02. The predicted molar refractivity (Wildman–Crippen MR) is 82.7 cm³/mol. The third-order valence-electron chi connectivity index (χ3n) is 3.52. The Morgan fingerprint density at radius 1 is 1.39 bits per heavy atom. The van der Waals surface area contributed by atoms with E-state index in [9.17, 15) is 4.79 Å². The van der Waals surface area contributed by atoms with Crippen LogP contribution in [0.2, 0.25) is 0 Å². The molecule has 0 aromatic carbocycles. The SMILES string of the molecule is CC(C)(C)OC(=O)N1CC[C@@H](c2nc(-c3ccccn3)no2)C1. The van der Waals surface area contributed by atoms with Crippen molar-refractivity contribution in [1.82, 2.24) is 20.0 Å². The van der Waals surface area contributed by atoms with Crippen molar-refractivity contribution in [2.75, 3.05) is 13.1 Å². The molecule has 2 aromatic rings. The number of aromatic nitrogens is 3. The van der Waals surface area contributed by atoms with Crippen LogP contribution in [0.1, 0.15) is 39.0 Å². The number of carbonyl (C=O) groups is 1. The van der Waals surface area contributed by atoms with Crippen LogP contribution in [-0.2, 0) is 4.74 Å². The zero-order valence-electron chi connectivity index (χ0n) is 13.5. The Labute approximate surface area is 134 Å².